The van der Waals surface area contributed by atoms with Crippen LogP contribution in [0.5, 0.6) is 0 Å². The standard InChI is InChI=1S/C9H17N/c1-2-3-4-9-5-7-10-8-6-9/h2-3,9-10H,4-8H2,1H3. The molecule has 0 amide bonds. The SMILES string of the molecule is CC=CCC1CCNCC1. The van der Waals surface area contributed by atoms with Crippen molar-refractivity contribution in [3.8, 4) is 0 Å². The first kappa shape index (κ1) is 7.80. The van der Waals surface area contributed by atoms with Crippen molar-refractivity contribution in [1.29, 1.82) is 0 Å². The zero-order valence-electron chi connectivity index (χ0n) is 6.77. The van der Waals surface area contributed by atoms with Crippen LogP contribution in [0.2, 0.25) is 0 Å². The minimum atomic E-state index is 0.956. The zero-order valence-corrected chi connectivity index (χ0v) is 6.77. The maximum Gasteiger partial charge on any atom is -0.00462 e. The molecule has 0 aliphatic carbocycles. The van der Waals surface area contributed by atoms with Crippen molar-refractivity contribution < 1.29 is 0 Å². The van der Waals surface area contributed by atoms with E-state index >= 15 is 0 Å². The van der Waals surface area contributed by atoms with Gasteiger partial charge >= 0.3 is 0 Å². The third kappa shape index (κ3) is 2.53. The lowest BCUT2D eigenvalue weighted by Gasteiger charge is -2.20. The number of nitrogens with one attached hydrogen (secondary N) is 1. The van der Waals surface area contributed by atoms with Crippen LogP contribution in [0.25, 0.3) is 0 Å². The lowest BCUT2D eigenvalue weighted by atomic mass is 9.95. The fourth-order valence-electron chi connectivity index (χ4n) is 1.45. The Balaban J connectivity index is 2.13. The van der Waals surface area contributed by atoms with E-state index in [-0.39, 0.29) is 0 Å². The first-order valence-electron chi connectivity index (χ1n) is 4.25. The number of hydrogen-bond acceptors (Lipinski definition) is 1. The zero-order chi connectivity index (χ0) is 7.23. The molecule has 10 heavy (non-hydrogen) atoms. The molecular weight excluding hydrogens is 122 g/mol. The first-order valence-corrected chi connectivity index (χ1v) is 4.25. The summed E-state index contributed by atoms with van der Waals surface area (Å²) in [7, 11) is 0. The Morgan fingerprint density at radius 3 is 2.70 bits per heavy atom. The molecule has 1 nitrogen and oxygen atoms in total. The Kier molecular flexibility index (Phi) is 3.52. The fourth-order valence-corrected chi connectivity index (χ4v) is 1.45. The summed E-state index contributed by atoms with van der Waals surface area (Å²) in [6.07, 6.45) is 8.46. The number of piperidine rings is 1. The maximum atomic E-state index is 3.37. The summed E-state index contributed by atoms with van der Waals surface area (Å²) in [6.45, 7) is 4.55. The molecule has 1 rings (SSSR count). The summed E-state index contributed by atoms with van der Waals surface area (Å²) in [5, 5.41) is 3.37. The molecule has 0 atom stereocenters. The van der Waals surface area contributed by atoms with Crippen LogP contribution in [-0.4, -0.2) is 13.1 Å². The van der Waals surface area contributed by atoms with E-state index in [9.17, 15) is 0 Å². The van der Waals surface area contributed by atoms with Gasteiger partial charge < -0.3 is 5.32 Å². The molecule has 0 radical (unpaired) electrons. The molecule has 58 valence electrons. The van der Waals surface area contributed by atoms with Gasteiger partial charge in [0.05, 0.1) is 0 Å². The summed E-state index contributed by atoms with van der Waals surface area (Å²) in [6, 6.07) is 0. The third-order valence-corrected chi connectivity index (χ3v) is 2.16. The van der Waals surface area contributed by atoms with Crippen LogP contribution < -0.4 is 5.32 Å². The van der Waals surface area contributed by atoms with Crippen LogP contribution in [-0.2, 0) is 0 Å². The minimum absolute atomic E-state index is 0.956. The number of rotatable bonds is 2. The van der Waals surface area contributed by atoms with Gasteiger partial charge in [0.15, 0.2) is 0 Å². The van der Waals surface area contributed by atoms with Crippen LogP contribution >= 0.6 is 0 Å². The van der Waals surface area contributed by atoms with E-state index in [2.05, 4.69) is 24.4 Å². The second-order valence-electron chi connectivity index (χ2n) is 3.00. The molecule has 1 fully saturated rings. The first-order chi connectivity index (χ1) is 4.93. The summed E-state index contributed by atoms with van der Waals surface area (Å²) < 4.78 is 0. The molecule has 0 spiro atoms. The van der Waals surface area contributed by atoms with Crippen LogP contribution in [0.4, 0.5) is 0 Å². The molecule has 1 N–H and O–H groups in total. The van der Waals surface area contributed by atoms with Crippen molar-refractivity contribution >= 4 is 0 Å². The molecule has 0 saturated carbocycles. The minimum Gasteiger partial charge on any atom is -0.317 e. The van der Waals surface area contributed by atoms with Gasteiger partial charge in [-0.3, -0.25) is 0 Å². The molecule has 0 aromatic rings. The number of allylic oxidation sites excluding steroid dienone is 2. The van der Waals surface area contributed by atoms with E-state index in [1.54, 1.807) is 0 Å². The topological polar surface area (TPSA) is 12.0 Å². The highest BCUT2D eigenvalue weighted by atomic mass is 14.9. The Morgan fingerprint density at radius 2 is 2.10 bits per heavy atom. The van der Waals surface area contributed by atoms with E-state index in [0.717, 1.165) is 5.92 Å². The Hall–Kier alpha value is -0.300. The van der Waals surface area contributed by atoms with Crippen LogP contribution in [0.15, 0.2) is 12.2 Å². The van der Waals surface area contributed by atoms with Gasteiger partial charge in [-0.15, -0.1) is 0 Å². The van der Waals surface area contributed by atoms with Gasteiger partial charge in [-0.05, 0) is 45.2 Å². The fraction of sp³-hybridized carbons (Fsp3) is 0.778. The molecule has 1 saturated heterocycles. The lowest BCUT2D eigenvalue weighted by molar-refractivity contribution is 0.377. The average molecular weight is 139 g/mol. The highest BCUT2D eigenvalue weighted by molar-refractivity contribution is 4.82. The van der Waals surface area contributed by atoms with Crippen molar-refractivity contribution in [3.63, 3.8) is 0 Å². The van der Waals surface area contributed by atoms with Gasteiger partial charge in [0.2, 0.25) is 0 Å². The highest BCUT2D eigenvalue weighted by Crippen LogP contribution is 2.15. The largest absolute Gasteiger partial charge is 0.317 e. The number of hydrogen-bond donors (Lipinski definition) is 1. The second-order valence-corrected chi connectivity index (χ2v) is 3.00. The van der Waals surface area contributed by atoms with Gasteiger partial charge in [-0.25, -0.2) is 0 Å². The normalized spacial score (nSPS) is 22.1. The van der Waals surface area contributed by atoms with E-state index in [0.29, 0.717) is 0 Å². The molecule has 0 aromatic carbocycles. The monoisotopic (exact) mass is 139 g/mol. The summed E-state index contributed by atoms with van der Waals surface area (Å²) in [4.78, 5) is 0. The molecular formula is C9H17N. The average Bonchev–Trinajstić information content (AvgIpc) is 2.03. The smallest absolute Gasteiger partial charge is 0.00462 e. The third-order valence-electron chi connectivity index (χ3n) is 2.16. The Morgan fingerprint density at radius 1 is 1.40 bits per heavy atom. The van der Waals surface area contributed by atoms with Crippen molar-refractivity contribution in [3.05, 3.63) is 12.2 Å². The molecule has 1 aliphatic rings. The molecule has 1 aliphatic heterocycles. The van der Waals surface area contributed by atoms with Crippen LogP contribution in [0, 0.1) is 5.92 Å². The summed E-state index contributed by atoms with van der Waals surface area (Å²) in [5.41, 5.74) is 0. The van der Waals surface area contributed by atoms with E-state index in [1.165, 1.54) is 32.4 Å². The van der Waals surface area contributed by atoms with Crippen molar-refractivity contribution in [2.24, 2.45) is 5.92 Å². The predicted octanol–water partition coefficient (Wildman–Crippen LogP) is 1.95. The molecule has 1 heteroatoms. The predicted molar refractivity (Wildman–Crippen MR) is 45.0 cm³/mol. The van der Waals surface area contributed by atoms with Crippen LogP contribution in [0.3, 0.4) is 0 Å². The van der Waals surface area contributed by atoms with Gasteiger partial charge in [-0.2, -0.15) is 0 Å². The van der Waals surface area contributed by atoms with Crippen LogP contribution in [0.1, 0.15) is 26.2 Å². The van der Waals surface area contributed by atoms with Gasteiger partial charge in [0.1, 0.15) is 0 Å². The Bertz CT molecular complexity index is 101. The second kappa shape index (κ2) is 4.51. The molecule has 0 aromatic heterocycles. The highest BCUT2D eigenvalue weighted by Gasteiger charge is 2.09. The maximum absolute atomic E-state index is 3.37. The molecule has 0 bridgehead atoms. The van der Waals surface area contributed by atoms with Gasteiger partial charge in [0, 0.05) is 0 Å². The van der Waals surface area contributed by atoms with Gasteiger partial charge in [-0.1, -0.05) is 12.2 Å². The van der Waals surface area contributed by atoms with Crippen molar-refractivity contribution in [2.75, 3.05) is 13.1 Å². The summed E-state index contributed by atoms with van der Waals surface area (Å²) in [5.74, 6) is 0.956. The van der Waals surface area contributed by atoms with E-state index in [4.69, 9.17) is 0 Å². The van der Waals surface area contributed by atoms with Gasteiger partial charge in [0.25, 0.3) is 0 Å². The van der Waals surface area contributed by atoms with Crippen molar-refractivity contribution in [2.45, 2.75) is 26.2 Å². The van der Waals surface area contributed by atoms with E-state index < -0.39 is 0 Å². The lowest BCUT2D eigenvalue weighted by Crippen LogP contribution is -2.27. The summed E-state index contributed by atoms with van der Waals surface area (Å²) >= 11 is 0. The Labute approximate surface area is 63.5 Å². The molecule has 1 heterocycles. The quantitative estimate of drug-likeness (QED) is 0.577. The van der Waals surface area contributed by atoms with E-state index in [1.807, 2.05) is 0 Å². The van der Waals surface area contributed by atoms with Crippen molar-refractivity contribution in [1.82, 2.24) is 5.32 Å². The molecule has 0 unspecified atom stereocenters.